The summed E-state index contributed by atoms with van der Waals surface area (Å²) >= 11 is 0. The van der Waals surface area contributed by atoms with E-state index in [0.717, 1.165) is 31.8 Å². The summed E-state index contributed by atoms with van der Waals surface area (Å²) < 4.78 is 5.07. The lowest BCUT2D eigenvalue weighted by molar-refractivity contribution is 0.0963. The molecule has 7 nitrogen and oxygen atoms in total. The fourth-order valence-electron chi connectivity index (χ4n) is 3.77. The number of likely N-dealkylation sites (tertiary alicyclic amines) is 1. The van der Waals surface area contributed by atoms with E-state index in [9.17, 15) is 4.79 Å². The molecule has 1 saturated heterocycles. The molecule has 0 unspecified atom stereocenters. The van der Waals surface area contributed by atoms with Crippen molar-refractivity contribution in [1.29, 1.82) is 0 Å². The minimum absolute atomic E-state index is 0.211. The normalized spacial score (nSPS) is 15.7. The molecule has 1 aromatic carbocycles. The Morgan fingerprint density at radius 3 is 2.86 bits per heavy atom. The van der Waals surface area contributed by atoms with E-state index < -0.39 is 0 Å². The van der Waals surface area contributed by atoms with Gasteiger partial charge in [0.15, 0.2) is 5.96 Å². The number of hydrogen-bond donors (Lipinski definition) is 3. The van der Waals surface area contributed by atoms with Gasteiger partial charge in [-0.05, 0) is 50.3 Å². The minimum Gasteiger partial charge on any atom is -0.450 e. The molecule has 0 atom stereocenters. The molecule has 2 aromatic rings. The van der Waals surface area contributed by atoms with Crippen LogP contribution in [0, 0.1) is 6.92 Å². The van der Waals surface area contributed by atoms with Crippen LogP contribution in [-0.4, -0.2) is 61.3 Å². The van der Waals surface area contributed by atoms with Crippen LogP contribution in [0.25, 0.3) is 10.9 Å². The number of nitrogens with one attached hydrogen (secondary N) is 3. The first-order valence-electron chi connectivity index (χ1n) is 10.1. The second-order valence-electron chi connectivity index (χ2n) is 7.16. The third-order valence-corrected chi connectivity index (χ3v) is 5.27. The summed E-state index contributed by atoms with van der Waals surface area (Å²) in [5.41, 5.74) is 3.80. The first kappa shape index (κ1) is 20.0. The molecule has 152 valence electrons. The number of guanidine groups is 1. The van der Waals surface area contributed by atoms with Crippen molar-refractivity contribution < 1.29 is 9.53 Å². The van der Waals surface area contributed by atoms with Crippen molar-refractivity contribution >= 4 is 23.0 Å². The summed E-state index contributed by atoms with van der Waals surface area (Å²) in [6.45, 7) is 6.63. The third-order valence-electron chi connectivity index (χ3n) is 5.27. The number of piperidine rings is 1. The molecular formula is C21H31N5O2. The van der Waals surface area contributed by atoms with Gasteiger partial charge in [0.1, 0.15) is 0 Å². The Morgan fingerprint density at radius 1 is 1.36 bits per heavy atom. The largest absolute Gasteiger partial charge is 0.450 e. The molecule has 1 aromatic heterocycles. The fourth-order valence-corrected chi connectivity index (χ4v) is 3.77. The molecule has 1 aliphatic heterocycles. The molecule has 1 aliphatic rings. The summed E-state index contributed by atoms with van der Waals surface area (Å²) in [5.74, 6) is 0.811. The Morgan fingerprint density at radius 2 is 2.14 bits per heavy atom. The average Bonchev–Trinajstić information content (AvgIpc) is 3.12. The predicted molar refractivity (Wildman–Crippen MR) is 113 cm³/mol. The fraction of sp³-hybridized carbons (Fsp3) is 0.524. The Balaban J connectivity index is 1.46. The van der Waals surface area contributed by atoms with Gasteiger partial charge in [-0.25, -0.2) is 4.79 Å². The number of fused-ring (bicyclic) bond motifs is 1. The first-order valence-corrected chi connectivity index (χ1v) is 10.1. The highest BCUT2D eigenvalue weighted by Crippen LogP contribution is 2.22. The van der Waals surface area contributed by atoms with E-state index in [-0.39, 0.29) is 6.09 Å². The molecule has 2 heterocycles. The Kier molecular flexibility index (Phi) is 6.79. The average molecular weight is 386 g/mol. The first-order chi connectivity index (χ1) is 13.6. The number of carbonyl (C=O) groups excluding carboxylic acids is 1. The number of nitrogens with zero attached hydrogens (tertiary/aromatic N) is 2. The highest BCUT2D eigenvalue weighted by molar-refractivity contribution is 5.86. The van der Waals surface area contributed by atoms with E-state index in [0.29, 0.717) is 25.7 Å². The van der Waals surface area contributed by atoms with Gasteiger partial charge in [0, 0.05) is 49.8 Å². The van der Waals surface area contributed by atoms with E-state index in [1.165, 1.54) is 22.0 Å². The molecule has 0 radical (unpaired) electrons. The van der Waals surface area contributed by atoms with Crippen molar-refractivity contribution in [3.05, 3.63) is 35.5 Å². The summed E-state index contributed by atoms with van der Waals surface area (Å²) in [7, 11) is 1.79. The number of aromatic amines is 1. The SMILES string of the molecule is CCOC(=O)N1CCC(NC(=NC)NCCc2c[nH]c3cccc(C)c23)CC1. The molecule has 0 saturated carbocycles. The summed E-state index contributed by atoms with van der Waals surface area (Å²) in [4.78, 5) is 21.3. The molecule has 3 rings (SSSR count). The number of aromatic nitrogens is 1. The third kappa shape index (κ3) is 4.77. The number of aliphatic imine (C=N–C) groups is 1. The van der Waals surface area contributed by atoms with E-state index >= 15 is 0 Å². The zero-order valence-corrected chi connectivity index (χ0v) is 17.0. The molecule has 1 amide bonds. The maximum Gasteiger partial charge on any atom is 0.409 e. The Bertz CT molecular complexity index is 821. The summed E-state index contributed by atoms with van der Waals surface area (Å²) in [6, 6.07) is 6.65. The van der Waals surface area contributed by atoms with Gasteiger partial charge in [0.25, 0.3) is 0 Å². The quantitative estimate of drug-likeness (QED) is 0.546. The Labute approximate surface area is 166 Å². The maximum absolute atomic E-state index is 11.8. The van der Waals surface area contributed by atoms with Crippen LogP contribution in [0.2, 0.25) is 0 Å². The second-order valence-corrected chi connectivity index (χ2v) is 7.16. The van der Waals surface area contributed by atoms with Crippen molar-refractivity contribution in [3.8, 4) is 0 Å². The van der Waals surface area contributed by atoms with Gasteiger partial charge in [-0.3, -0.25) is 4.99 Å². The van der Waals surface area contributed by atoms with Crippen molar-refractivity contribution in [2.45, 2.75) is 39.2 Å². The van der Waals surface area contributed by atoms with E-state index in [2.05, 4.69) is 51.9 Å². The van der Waals surface area contributed by atoms with Crippen LogP contribution in [0.4, 0.5) is 4.79 Å². The Hall–Kier alpha value is -2.70. The topological polar surface area (TPSA) is 81.8 Å². The highest BCUT2D eigenvalue weighted by atomic mass is 16.6. The zero-order valence-electron chi connectivity index (χ0n) is 17.0. The molecule has 0 bridgehead atoms. The van der Waals surface area contributed by atoms with Gasteiger partial charge in [0.2, 0.25) is 0 Å². The molecule has 28 heavy (non-hydrogen) atoms. The molecule has 0 spiro atoms. The highest BCUT2D eigenvalue weighted by Gasteiger charge is 2.24. The number of aryl methyl sites for hydroxylation is 1. The predicted octanol–water partition coefficient (Wildman–Crippen LogP) is 2.80. The second kappa shape index (κ2) is 9.48. The lowest BCUT2D eigenvalue weighted by Gasteiger charge is -2.32. The van der Waals surface area contributed by atoms with Crippen LogP contribution in [0.3, 0.4) is 0 Å². The summed E-state index contributed by atoms with van der Waals surface area (Å²) in [6.07, 6.45) is 4.59. The number of rotatable bonds is 5. The smallest absolute Gasteiger partial charge is 0.409 e. The molecular weight excluding hydrogens is 354 g/mol. The number of carbonyl (C=O) groups is 1. The van der Waals surface area contributed by atoms with Crippen LogP contribution in [-0.2, 0) is 11.2 Å². The number of H-pyrrole nitrogens is 1. The van der Waals surface area contributed by atoms with Gasteiger partial charge in [-0.15, -0.1) is 0 Å². The van der Waals surface area contributed by atoms with Gasteiger partial charge < -0.3 is 25.3 Å². The number of hydrogen-bond acceptors (Lipinski definition) is 3. The molecule has 3 N–H and O–H groups in total. The van der Waals surface area contributed by atoms with Gasteiger partial charge in [-0.1, -0.05) is 12.1 Å². The van der Waals surface area contributed by atoms with Gasteiger partial charge in [0.05, 0.1) is 6.61 Å². The van der Waals surface area contributed by atoms with Crippen molar-refractivity contribution in [3.63, 3.8) is 0 Å². The van der Waals surface area contributed by atoms with Crippen molar-refractivity contribution in [2.24, 2.45) is 4.99 Å². The maximum atomic E-state index is 11.8. The van der Waals surface area contributed by atoms with Crippen molar-refractivity contribution in [2.75, 3.05) is 33.3 Å². The van der Waals surface area contributed by atoms with Gasteiger partial charge in [-0.2, -0.15) is 0 Å². The number of ether oxygens (including phenoxy) is 1. The monoisotopic (exact) mass is 385 g/mol. The van der Waals surface area contributed by atoms with Gasteiger partial charge >= 0.3 is 6.09 Å². The minimum atomic E-state index is -0.211. The number of benzene rings is 1. The van der Waals surface area contributed by atoms with Crippen LogP contribution in [0.1, 0.15) is 30.9 Å². The van der Waals surface area contributed by atoms with Crippen LogP contribution in [0.5, 0.6) is 0 Å². The standard InChI is InChI=1S/C21H31N5O2/c1-4-28-21(27)26-12-9-17(10-13-26)25-20(22-3)23-11-8-16-14-24-18-7-5-6-15(2)19(16)18/h5-7,14,17,24H,4,8-13H2,1-3H3,(H2,22,23,25). The zero-order chi connectivity index (χ0) is 19.9. The molecule has 7 heteroatoms. The van der Waals surface area contributed by atoms with E-state index in [1.54, 1.807) is 11.9 Å². The lowest BCUT2D eigenvalue weighted by atomic mass is 10.1. The molecule has 1 fully saturated rings. The van der Waals surface area contributed by atoms with Crippen LogP contribution >= 0.6 is 0 Å². The molecule has 0 aliphatic carbocycles. The number of amides is 1. The van der Waals surface area contributed by atoms with E-state index in [1.807, 2.05) is 6.92 Å². The van der Waals surface area contributed by atoms with Crippen molar-refractivity contribution in [1.82, 2.24) is 20.5 Å². The van der Waals surface area contributed by atoms with Crippen LogP contribution < -0.4 is 10.6 Å². The van der Waals surface area contributed by atoms with Crippen LogP contribution in [0.15, 0.2) is 29.4 Å². The lowest BCUT2D eigenvalue weighted by Crippen LogP contribution is -2.50. The van der Waals surface area contributed by atoms with E-state index in [4.69, 9.17) is 4.74 Å². The summed E-state index contributed by atoms with van der Waals surface area (Å²) in [5, 5.41) is 8.21.